The standard InChI is InChI=1S/C4H9NO2.C2H5.CN.CHO.2CO.2CH3.Co.Re/c1-5(2)3-4(6)7;5*1-2;;;;/h3H2,1-2H3,(H,6,7);1H2,2H3;;1H;;;2*1H3;;/q;7*-1;;. The Bertz CT molecular complexity index is 148. The molecule has 0 atom stereocenters. The van der Waals surface area contributed by atoms with Crippen molar-refractivity contribution in [2.75, 3.05) is 20.6 Å². The zero-order valence-electron chi connectivity index (χ0n) is 12.7. The normalized spacial score (nSPS) is 4.14. The number of carboxylic acids is 1. The van der Waals surface area contributed by atoms with E-state index in [0.717, 1.165) is 0 Å². The molecule has 0 saturated carbocycles. The molecule has 0 aromatic carbocycles. The minimum Gasteiger partial charge on any atom is -0.573 e. The van der Waals surface area contributed by atoms with E-state index in [1.54, 1.807) is 25.9 Å². The molecule has 0 aromatic heterocycles. The van der Waals surface area contributed by atoms with Crippen LogP contribution < -0.4 is 0 Å². The van der Waals surface area contributed by atoms with Gasteiger partial charge in [-0.3, -0.25) is 16.5 Å². The summed E-state index contributed by atoms with van der Waals surface area (Å²) in [7, 11) is 3.43. The van der Waals surface area contributed by atoms with Gasteiger partial charge in [-0.05, 0) is 14.1 Å². The topological polar surface area (TPSA) is 116 Å². The summed E-state index contributed by atoms with van der Waals surface area (Å²) in [6, 6.07) is 0. The van der Waals surface area contributed by atoms with Crippen molar-refractivity contribution in [2.45, 2.75) is 6.92 Å². The SMILES string of the molecule is CN(C)CC(=O)O.[C-]#N.[C-]=O.[C-]=O.[CH-]=O.[CH2-]C.[CH3-].[CH3-].[Co].[Re]. The Hall–Kier alpha value is -0.901. The predicted molar refractivity (Wildman–Crippen MR) is 73.2 cm³/mol. The van der Waals surface area contributed by atoms with Crippen LogP contribution in [0.25, 0.3) is 0 Å². The fraction of sp³-hybridized carbons (Fsp3) is 0.333. The first-order chi connectivity index (χ1) is 8.13. The molecule has 9 heteroatoms. The third-order valence-corrected chi connectivity index (χ3v) is 0.451. The van der Waals surface area contributed by atoms with Gasteiger partial charge < -0.3 is 66.7 Å². The minimum atomic E-state index is -0.787. The van der Waals surface area contributed by atoms with Gasteiger partial charge in [-0.15, -0.1) is 0 Å². The van der Waals surface area contributed by atoms with E-state index in [2.05, 4.69) is 27.3 Å². The summed E-state index contributed by atoms with van der Waals surface area (Å²) >= 11 is 0. The maximum atomic E-state index is 9.77. The van der Waals surface area contributed by atoms with Gasteiger partial charge in [0.25, 0.3) is 0 Å². The van der Waals surface area contributed by atoms with Crippen LogP contribution in [-0.4, -0.2) is 57.0 Å². The summed E-state index contributed by atoms with van der Waals surface area (Å²) < 4.78 is 0. The van der Waals surface area contributed by atoms with Crippen LogP contribution in [0, 0.1) is 33.6 Å². The Morgan fingerprint density at radius 1 is 1.10 bits per heavy atom. The smallest absolute Gasteiger partial charge is 0.317 e. The average molecular weight is 518 g/mol. The van der Waals surface area contributed by atoms with Gasteiger partial charge in [0.05, 0.1) is 6.54 Å². The van der Waals surface area contributed by atoms with Crippen LogP contribution in [0.1, 0.15) is 6.92 Å². The largest absolute Gasteiger partial charge is 0.573 e. The minimum absolute atomic E-state index is 0. The number of hydrogen-bond acceptors (Lipinski definition) is 6. The maximum Gasteiger partial charge on any atom is 0.317 e. The Morgan fingerprint density at radius 3 is 1.24 bits per heavy atom. The first-order valence-electron chi connectivity index (χ1n) is 3.57. The van der Waals surface area contributed by atoms with Gasteiger partial charge in [0, 0.05) is 37.2 Å². The van der Waals surface area contributed by atoms with Crippen molar-refractivity contribution in [1.82, 2.24) is 4.90 Å². The summed E-state index contributed by atoms with van der Waals surface area (Å²) in [6.45, 7) is 22.1. The zero-order valence-corrected chi connectivity index (χ0v) is 16.4. The fourth-order valence-electron chi connectivity index (χ4n) is 0.271. The van der Waals surface area contributed by atoms with Crippen LogP contribution in [0.4, 0.5) is 0 Å². The number of hydrogen-bond donors (Lipinski definition) is 1. The quantitative estimate of drug-likeness (QED) is 0.416. The number of likely N-dealkylation sites (N-methyl/N-ethyl adjacent to an activating group) is 1. The van der Waals surface area contributed by atoms with E-state index < -0.39 is 5.97 Å². The van der Waals surface area contributed by atoms with Crippen molar-refractivity contribution in [3.63, 3.8) is 0 Å². The molecule has 0 spiro atoms. The molecule has 0 aliphatic carbocycles. The van der Waals surface area contributed by atoms with Gasteiger partial charge in [-0.1, -0.05) is 0 Å². The van der Waals surface area contributed by atoms with E-state index in [1.165, 1.54) is 0 Å². The number of nitrogens with zero attached hydrogens (tertiary/aromatic N) is 2. The van der Waals surface area contributed by atoms with Gasteiger partial charge in [0.15, 0.2) is 0 Å². The molecule has 0 rings (SSSR count). The van der Waals surface area contributed by atoms with Gasteiger partial charge in [0.2, 0.25) is 0 Å². The fourth-order valence-corrected chi connectivity index (χ4v) is 0.271. The van der Waals surface area contributed by atoms with Gasteiger partial charge in [-0.2, -0.15) is 6.92 Å². The summed E-state index contributed by atoms with van der Waals surface area (Å²) in [4.78, 5) is 34.1. The number of carboxylic acid groups (broad SMARTS) is 1. The van der Waals surface area contributed by atoms with Gasteiger partial charge >= 0.3 is 5.97 Å². The molecule has 0 unspecified atom stereocenters. The molecule has 0 bridgehead atoms. The second-order valence-corrected chi connectivity index (χ2v) is 1.63. The van der Waals surface area contributed by atoms with E-state index in [9.17, 15) is 4.79 Å². The monoisotopic (exact) mass is 519 g/mol. The molecule has 0 heterocycles. The van der Waals surface area contributed by atoms with Crippen LogP contribution in [-0.2, 0) is 56.4 Å². The molecule has 0 fully saturated rings. The maximum absolute atomic E-state index is 9.77. The molecule has 7 nitrogen and oxygen atoms in total. The summed E-state index contributed by atoms with van der Waals surface area (Å²) in [5.41, 5.74) is 0. The Morgan fingerprint density at radius 2 is 1.24 bits per heavy atom. The molecule has 0 saturated heterocycles. The molecule has 21 heavy (non-hydrogen) atoms. The summed E-state index contributed by atoms with van der Waals surface area (Å²) in [5.74, 6) is -0.787. The molecule has 1 N–H and O–H groups in total. The number of carbonyl (C=O) groups excluding carboxylic acids is 3. The third-order valence-electron chi connectivity index (χ3n) is 0.451. The Kier molecular flexibility index (Phi) is 576. The summed E-state index contributed by atoms with van der Waals surface area (Å²) in [6.07, 6.45) is 0. The summed E-state index contributed by atoms with van der Waals surface area (Å²) in [5, 5.41) is 14.3. The molecule has 0 amide bonds. The Balaban J connectivity index is -0.00000000951. The van der Waals surface area contributed by atoms with E-state index in [1.807, 2.05) is 0 Å². The molecular formula is C12H21CoN2O5Re-7. The third kappa shape index (κ3) is 581. The first-order valence-corrected chi connectivity index (χ1v) is 3.57. The molecule has 4 radical (unpaired) electrons. The molecule has 0 aromatic rings. The Labute approximate surface area is 153 Å². The van der Waals surface area contributed by atoms with Crippen molar-refractivity contribution >= 4 is 26.3 Å². The average Bonchev–Trinajstić information content (AvgIpc) is 2.40. The van der Waals surface area contributed by atoms with Crippen LogP contribution in [0.15, 0.2) is 0 Å². The van der Waals surface area contributed by atoms with Crippen molar-refractivity contribution in [3.05, 3.63) is 28.3 Å². The van der Waals surface area contributed by atoms with Crippen molar-refractivity contribution in [1.29, 1.82) is 5.26 Å². The van der Waals surface area contributed by atoms with E-state index in [0.29, 0.717) is 0 Å². The van der Waals surface area contributed by atoms with E-state index in [4.69, 9.17) is 31.3 Å². The molecule has 0 aliphatic heterocycles. The zero-order chi connectivity index (χ0) is 15.9. The second-order valence-electron chi connectivity index (χ2n) is 1.63. The van der Waals surface area contributed by atoms with Crippen LogP contribution in [0.3, 0.4) is 0 Å². The number of carbonyl (C=O) groups is 1. The molecular weight excluding hydrogens is 497 g/mol. The predicted octanol–water partition coefficient (Wildman–Crippen LogP) is 0.397. The van der Waals surface area contributed by atoms with Crippen molar-refractivity contribution in [3.8, 4) is 0 Å². The second kappa shape index (κ2) is 168. The first kappa shape index (κ1) is 71.9. The number of rotatable bonds is 2. The molecule has 132 valence electrons. The van der Waals surface area contributed by atoms with Crippen molar-refractivity contribution in [2.24, 2.45) is 0 Å². The van der Waals surface area contributed by atoms with Gasteiger partial charge in [-0.25, -0.2) is 0 Å². The van der Waals surface area contributed by atoms with Crippen molar-refractivity contribution < 1.29 is 61.5 Å². The van der Waals surface area contributed by atoms with E-state index in [-0.39, 0.29) is 58.6 Å². The van der Waals surface area contributed by atoms with Crippen LogP contribution in [0.5, 0.6) is 0 Å². The van der Waals surface area contributed by atoms with Gasteiger partial charge in [0.1, 0.15) is 0 Å². The molecule has 0 aliphatic rings. The van der Waals surface area contributed by atoms with E-state index >= 15 is 0 Å². The van der Waals surface area contributed by atoms with Crippen LogP contribution in [0.2, 0.25) is 0 Å². The number of aliphatic carboxylic acids is 1. The van der Waals surface area contributed by atoms with Crippen LogP contribution >= 0.6 is 0 Å².